The van der Waals surface area contributed by atoms with E-state index < -0.39 is 12.0 Å². The van der Waals surface area contributed by atoms with Crippen LogP contribution in [0, 0.1) is 5.92 Å². The SMILES string of the molecule is CC(C)CCNC(=O)[C@H]1c2ccccc2C(=O)N(c2ccc3c(c2)OCO3)[C@H]1c1cccnc1. The van der Waals surface area contributed by atoms with E-state index in [4.69, 9.17) is 9.47 Å². The van der Waals surface area contributed by atoms with Gasteiger partial charge in [-0.15, -0.1) is 0 Å². The van der Waals surface area contributed by atoms with Crippen LogP contribution in [0.3, 0.4) is 0 Å². The van der Waals surface area contributed by atoms with E-state index in [9.17, 15) is 9.59 Å². The maximum atomic E-state index is 13.9. The van der Waals surface area contributed by atoms with Crippen LogP contribution in [0.4, 0.5) is 5.69 Å². The number of hydrogen-bond acceptors (Lipinski definition) is 5. The minimum absolute atomic E-state index is 0.111. The highest BCUT2D eigenvalue weighted by Crippen LogP contribution is 2.46. The van der Waals surface area contributed by atoms with E-state index in [1.807, 2.05) is 36.4 Å². The minimum atomic E-state index is -0.601. The van der Waals surface area contributed by atoms with Crippen LogP contribution >= 0.6 is 0 Å². The number of anilines is 1. The molecule has 0 fully saturated rings. The summed E-state index contributed by atoms with van der Waals surface area (Å²) < 4.78 is 11.0. The van der Waals surface area contributed by atoms with Gasteiger partial charge in [0.15, 0.2) is 11.5 Å². The second-order valence-corrected chi connectivity index (χ2v) is 8.98. The second-order valence-electron chi connectivity index (χ2n) is 8.98. The molecule has 7 heteroatoms. The van der Waals surface area contributed by atoms with Crippen molar-refractivity contribution in [2.45, 2.75) is 32.2 Å². The summed E-state index contributed by atoms with van der Waals surface area (Å²) in [6.45, 7) is 4.97. The quantitative estimate of drug-likeness (QED) is 0.591. The van der Waals surface area contributed by atoms with Gasteiger partial charge < -0.3 is 14.8 Å². The molecule has 3 heterocycles. The van der Waals surface area contributed by atoms with Gasteiger partial charge in [0.1, 0.15) is 0 Å². The summed E-state index contributed by atoms with van der Waals surface area (Å²) in [5.74, 6) is 0.798. The fraction of sp³-hybridized carbons (Fsp3) is 0.296. The lowest BCUT2D eigenvalue weighted by molar-refractivity contribution is -0.123. The average molecular weight is 458 g/mol. The molecule has 2 aliphatic rings. The molecule has 3 aromatic rings. The molecule has 7 nitrogen and oxygen atoms in total. The zero-order valence-electron chi connectivity index (χ0n) is 19.2. The standard InChI is InChI=1S/C27H27N3O4/c1-17(2)11-13-29-26(31)24-20-7-3-4-8-21(20)27(32)30(25(24)18-6-5-12-28-15-18)19-9-10-22-23(14-19)34-16-33-22/h3-10,12,14-15,17,24-25H,11,13,16H2,1-2H3,(H,29,31)/t24-,25-/m0/s1. The van der Waals surface area contributed by atoms with Crippen molar-refractivity contribution in [2.24, 2.45) is 5.92 Å². The average Bonchev–Trinajstić information content (AvgIpc) is 3.32. The Morgan fingerprint density at radius 1 is 1.12 bits per heavy atom. The van der Waals surface area contributed by atoms with Crippen LogP contribution in [-0.4, -0.2) is 30.1 Å². The maximum Gasteiger partial charge on any atom is 0.259 e. The molecule has 0 saturated carbocycles. The first kappa shape index (κ1) is 21.9. The Hall–Kier alpha value is -3.87. The van der Waals surface area contributed by atoms with Gasteiger partial charge >= 0.3 is 0 Å². The lowest BCUT2D eigenvalue weighted by atomic mass is 9.79. The van der Waals surface area contributed by atoms with Gasteiger partial charge in [0.2, 0.25) is 12.7 Å². The molecule has 1 aromatic heterocycles. The molecule has 2 aromatic carbocycles. The third kappa shape index (κ3) is 3.98. The number of pyridine rings is 1. The minimum Gasteiger partial charge on any atom is -0.454 e. The van der Waals surface area contributed by atoms with Gasteiger partial charge in [0.05, 0.1) is 12.0 Å². The molecule has 0 aliphatic carbocycles. The van der Waals surface area contributed by atoms with Gasteiger partial charge in [-0.25, -0.2) is 0 Å². The molecule has 0 unspecified atom stereocenters. The number of ether oxygens (including phenoxy) is 2. The smallest absolute Gasteiger partial charge is 0.259 e. The molecule has 2 amide bonds. The number of fused-ring (bicyclic) bond motifs is 2. The van der Waals surface area contributed by atoms with Crippen LogP contribution in [0.2, 0.25) is 0 Å². The topological polar surface area (TPSA) is 80.8 Å². The fourth-order valence-corrected chi connectivity index (χ4v) is 4.62. The van der Waals surface area contributed by atoms with Gasteiger partial charge in [-0.2, -0.15) is 0 Å². The maximum absolute atomic E-state index is 13.9. The van der Waals surface area contributed by atoms with Crippen molar-refractivity contribution in [1.29, 1.82) is 0 Å². The Morgan fingerprint density at radius 2 is 1.94 bits per heavy atom. The second kappa shape index (κ2) is 9.17. The predicted octanol–water partition coefficient (Wildman–Crippen LogP) is 4.46. The number of nitrogens with one attached hydrogen (secondary N) is 1. The highest BCUT2D eigenvalue weighted by Gasteiger charge is 2.45. The van der Waals surface area contributed by atoms with Crippen LogP contribution in [0.15, 0.2) is 67.0 Å². The number of carbonyl (C=O) groups excluding carboxylic acids is 2. The van der Waals surface area contributed by atoms with E-state index >= 15 is 0 Å². The van der Waals surface area contributed by atoms with E-state index in [0.717, 1.165) is 17.5 Å². The highest BCUT2D eigenvalue weighted by atomic mass is 16.7. The van der Waals surface area contributed by atoms with Crippen LogP contribution < -0.4 is 19.7 Å². The summed E-state index contributed by atoms with van der Waals surface area (Å²) in [6.07, 6.45) is 4.29. The number of aromatic nitrogens is 1. The fourth-order valence-electron chi connectivity index (χ4n) is 4.62. The Balaban J connectivity index is 1.64. The molecular formula is C27H27N3O4. The molecule has 5 rings (SSSR count). The first-order chi connectivity index (χ1) is 16.5. The summed E-state index contributed by atoms with van der Waals surface area (Å²) in [7, 11) is 0. The summed E-state index contributed by atoms with van der Waals surface area (Å²) in [5, 5.41) is 3.11. The molecule has 0 spiro atoms. The van der Waals surface area contributed by atoms with Gasteiger partial charge in [-0.05, 0) is 47.7 Å². The lowest BCUT2D eigenvalue weighted by Crippen LogP contribution is -2.47. The van der Waals surface area contributed by atoms with E-state index in [-0.39, 0.29) is 18.6 Å². The van der Waals surface area contributed by atoms with Gasteiger partial charge in [0, 0.05) is 36.3 Å². The summed E-state index contributed by atoms with van der Waals surface area (Å²) in [4.78, 5) is 33.5. The van der Waals surface area contributed by atoms with Crippen LogP contribution in [0.5, 0.6) is 11.5 Å². The lowest BCUT2D eigenvalue weighted by Gasteiger charge is -2.41. The summed E-state index contributed by atoms with van der Waals surface area (Å²) in [5.41, 5.74) is 2.66. The summed E-state index contributed by atoms with van der Waals surface area (Å²) >= 11 is 0. The van der Waals surface area contributed by atoms with Gasteiger partial charge in [0.25, 0.3) is 5.91 Å². The number of hydrogen-bond donors (Lipinski definition) is 1. The number of amides is 2. The zero-order valence-corrected chi connectivity index (χ0v) is 19.2. The highest BCUT2D eigenvalue weighted by molar-refractivity contribution is 6.11. The van der Waals surface area contributed by atoms with Crippen molar-refractivity contribution >= 4 is 17.5 Å². The van der Waals surface area contributed by atoms with Crippen molar-refractivity contribution < 1.29 is 19.1 Å². The number of nitrogens with zero attached hydrogens (tertiary/aromatic N) is 2. The largest absolute Gasteiger partial charge is 0.454 e. The van der Waals surface area contributed by atoms with Crippen LogP contribution in [-0.2, 0) is 4.79 Å². The first-order valence-corrected chi connectivity index (χ1v) is 11.5. The number of carbonyl (C=O) groups is 2. The molecule has 0 radical (unpaired) electrons. The monoisotopic (exact) mass is 457 g/mol. The Labute approximate surface area is 198 Å². The van der Waals surface area contributed by atoms with E-state index in [1.54, 1.807) is 35.5 Å². The summed E-state index contributed by atoms with van der Waals surface area (Å²) in [6, 6.07) is 15.9. The van der Waals surface area contributed by atoms with Crippen molar-refractivity contribution in [3.05, 3.63) is 83.7 Å². The van der Waals surface area contributed by atoms with Gasteiger partial charge in [-0.3, -0.25) is 19.5 Å². The Bertz CT molecular complexity index is 1210. The van der Waals surface area contributed by atoms with E-state index in [0.29, 0.717) is 35.2 Å². The molecule has 2 aliphatic heterocycles. The van der Waals surface area contributed by atoms with E-state index in [2.05, 4.69) is 24.1 Å². The number of rotatable bonds is 6. The molecular weight excluding hydrogens is 430 g/mol. The molecule has 0 saturated heterocycles. The molecule has 2 atom stereocenters. The first-order valence-electron chi connectivity index (χ1n) is 11.5. The molecule has 0 bridgehead atoms. The molecule has 1 N–H and O–H groups in total. The van der Waals surface area contributed by atoms with Gasteiger partial charge in [-0.1, -0.05) is 38.1 Å². The van der Waals surface area contributed by atoms with Crippen LogP contribution in [0.1, 0.15) is 53.7 Å². The normalized spacial score (nSPS) is 18.7. The Kier molecular flexibility index (Phi) is 5.92. The predicted molar refractivity (Wildman–Crippen MR) is 128 cm³/mol. The third-order valence-electron chi connectivity index (χ3n) is 6.30. The van der Waals surface area contributed by atoms with Crippen molar-refractivity contribution in [3.8, 4) is 11.5 Å². The van der Waals surface area contributed by atoms with Crippen molar-refractivity contribution in [2.75, 3.05) is 18.2 Å². The molecule has 34 heavy (non-hydrogen) atoms. The Morgan fingerprint density at radius 3 is 2.74 bits per heavy atom. The zero-order chi connectivity index (χ0) is 23.7. The van der Waals surface area contributed by atoms with E-state index in [1.165, 1.54) is 0 Å². The molecule has 174 valence electrons. The van der Waals surface area contributed by atoms with Crippen molar-refractivity contribution in [3.63, 3.8) is 0 Å². The van der Waals surface area contributed by atoms with Crippen molar-refractivity contribution in [1.82, 2.24) is 10.3 Å². The number of benzene rings is 2. The van der Waals surface area contributed by atoms with Crippen LogP contribution in [0.25, 0.3) is 0 Å². The third-order valence-corrected chi connectivity index (χ3v) is 6.30.